The quantitative estimate of drug-likeness (QED) is 0.239. The van der Waals surface area contributed by atoms with Crippen molar-refractivity contribution in [1.82, 2.24) is 0 Å². The second kappa shape index (κ2) is 7.87. The van der Waals surface area contributed by atoms with Crippen LogP contribution in [0.15, 0.2) is 54.6 Å². The third kappa shape index (κ3) is 3.54. The summed E-state index contributed by atoms with van der Waals surface area (Å²) in [5.74, 6) is -1.03. The molecule has 0 fully saturated rings. The van der Waals surface area contributed by atoms with Gasteiger partial charge in [-0.2, -0.15) is 8.42 Å². The van der Waals surface area contributed by atoms with Crippen molar-refractivity contribution in [3.63, 3.8) is 0 Å². The molecule has 3 aromatic rings. The molecule has 0 bridgehead atoms. The van der Waals surface area contributed by atoms with Gasteiger partial charge in [-0.1, -0.05) is 76.7 Å². The van der Waals surface area contributed by atoms with Gasteiger partial charge in [-0.25, -0.2) is 0 Å². The third-order valence-electron chi connectivity index (χ3n) is 4.42. The number of benzene rings is 3. The van der Waals surface area contributed by atoms with Crippen LogP contribution in [0.25, 0.3) is 0 Å². The Morgan fingerprint density at radius 2 is 1.31 bits per heavy atom. The average molecular weight is 494 g/mol. The first-order valence-corrected chi connectivity index (χ1v) is 10.9. The zero-order valence-corrected chi connectivity index (χ0v) is 18.1. The monoisotopic (exact) mass is 492 g/mol. The van der Waals surface area contributed by atoms with E-state index >= 15 is 0 Å². The predicted molar refractivity (Wildman–Crippen MR) is 114 cm³/mol. The van der Waals surface area contributed by atoms with Crippen molar-refractivity contribution < 1.29 is 23.2 Å². The number of hydrogen-bond acceptors (Lipinski definition) is 4. The molecular weight excluding hydrogens is 482 g/mol. The van der Waals surface area contributed by atoms with Crippen LogP contribution in [0.3, 0.4) is 0 Å². The Morgan fingerprint density at radius 1 is 0.724 bits per heavy atom. The van der Waals surface area contributed by atoms with E-state index in [1.54, 1.807) is 0 Å². The third-order valence-corrected chi connectivity index (χ3v) is 7.39. The fourth-order valence-electron chi connectivity index (χ4n) is 3.22. The van der Waals surface area contributed by atoms with E-state index < -0.39 is 26.4 Å². The molecule has 0 amide bonds. The number of phenolic OH excluding ortho intramolecular Hbond substituents is 2. The molecule has 0 aliphatic rings. The highest BCUT2D eigenvalue weighted by molar-refractivity contribution is 7.87. The van der Waals surface area contributed by atoms with Gasteiger partial charge < -0.3 is 10.2 Å². The zero-order valence-electron chi connectivity index (χ0n) is 14.3. The zero-order chi connectivity index (χ0) is 21.6. The van der Waals surface area contributed by atoms with Gasteiger partial charge in [-0.15, -0.1) is 0 Å². The van der Waals surface area contributed by atoms with Gasteiger partial charge in [0.05, 0.1) is 15.1 Å². The Balaban J connectivity index is 2.63. The summed E-state index contributed by atoms with van der Waals surface area (Å²) in [6.45, 7) is 0. The minimum Gasteiger partial charge on any atom is -0.508 e. The average Bonchev–Trinajstić information content (AvgIpc) is 2.63. The summed E-state index contributed by atoms with van der Waals surface area (Å²) < 4.78 is 33.8. The second-order valence-corrected chi connectivity index (χ2v) is 9.22. The van der Waals surface area contributed by atoms with Crippen molar-refractivity contribution in [2.45, 2.75) is 4.75 Å². The van der Waals surface area contributed by atoms with Crippen LogP contribution >= 0.6 is 46.4 Å². The molecule has 152 valence electrons. The molecule has 0 aliphatic heterocycles. The van der Waals surface area contributed by atoms with Crippen LogP contribution in [0.1, 0.15) is 16.7 Å². The molecule has 0 saturated carbocycles. The topological polar surface area (TPSA) is 94.8 Å². The van der Waals surface area contributed by atoms with E-state index in [2.05, 4.69) is 0 Å². The highest BCUT2D eigenvalue weighted by Gasteiger charge is 2.53. The van der Waals surface area contributed by atoms with E-state index in [0.29, 0.717) is 0 Å². The van der Waals surface area contributed by atoms with Crippen LogP contribution in [0.4, 0.5) is 0 Å². The van der Waals surface area contributed by atoms with E-state index in [-0.39, 0.29) is 36.8 Å². The smallest absolute Gasteiger partial charge is 0.283 e. The number of phenols is 2. The molecule has 3 rings (SSSR count). The Labute approximate surface area is 186 Å². The van der Waals surface area contributed by atoms with Crippen molar-refractivity contribution in [2.75, 3.05) is 0 Å². The van der Waals surface area contributed by atoms with Gasteiger partial charge in [0.15, 0.2) is 4.75 Å². The molecule has 0 spiro atoms. The lowest BCUT2D eigenvalue weighted by molar-refractivity contribution is 0.428. The molecule has 10 heteroatoms. The first kappa shape index (κ1) is 22.0. The SMILES string of the molecule is O=S(=O)(O)C(c1ccccc1O)(c1ccc(Cl)cc1O)c1ccc(Cl)c(Cl)c1Cl. The van der Waals surface area contributed by atoms with Crippen LogP contribution in [-0.4, -0.2) is 23.2 Å². The Bertz CT molecular complexity index is 1210. The van der Waals surface area contributed by atoms with Crippen LogP contribution in [0.5, 0.6) is 11.5 Å². The molecule has 5 nitrogen and oxygen atoms in total. The molecule has 0 heterocycles. The number of para-hydroxylation sites is 1. The lowest BCUT2D eigenvalue weighted by atomic mass is 9.83. The lowest BCUT2D eigenvalue weighted by Gasteiger charge is -2.34. The summed E-state index contributed by atoms with van der Waals surface area (Å²) in [7, 11) is -5.14. The molecule has 0 aliphatic carbocycles. The summed E-state index contributed by atoms with van der Waals surface area (Å²) in [6, 6.07) is 11.6. The van der Waals surface area contributed by atoms with Crippen molar-refractivity contribution in [2.24, 2.45) is 0 Å². The summed E-state index contributed by atoms with van der Waals surface area (Å²) in [4.78, 5) is 0. The molecule has 3 aromatic carbocycles. The van der Waals surface area contributed by atoms with E-state index in [9.17, 15) is 23.2 Å². The van der Waals surface area contributed by atoms with Crippen LogP contribution in [0, 0.1) is 0 Å². The molecule has 29 heavy (non-hydrogen) atoms. The van der Waals surface area contributed by atoms with E-state index in [1.165, 1.54) is 48.5 Å². The molecule has 0 aromatic heterocycles. The molecule has 1 atom stereocenters. The molecule has 0 saturated heterocycles. The van der Waals surface area contributed by atoms with Crippen molar-refractivity contribution in [3.05, 3.63) is 91.4 Å². The van der Waals surface area contributed by atoms with E-state index in [0.717, 1.165) is 6.07 Å². The van der Waals surface area contributed by atoms with Gasteiger partial charge in [0.2, 0.25) is 0 Å². The van der Waals surface area contributed by atoms with Gasteiger partial charge in [-0.3, -0.25) is 4.55 Å². The lowest BCUT2D eigenvalue weighted by Crippen LogP contribution is -2.38. The van der Waals surface area contributed by atoms with E-state index in [4.69, 9.17) is 46.4 Å². The van der Waals surface area contributed by atoms with Crippen molar-refractivity contribution >= 4 is 56.5 Å². The van der Waals surface area contributed by atoms with Gasteiger partial charge in [0.25, 0.3) is 10.1 Å². The Morgan fingerprint density at radius 3 is 1.90 bits per heavy atom. The number of halogens is 4. The van der Waals surface area contributed by atoms with Crippen LogP contribution in [-0.2, 0) is 14.9 Å². The summed E-state index contributed by atoms with van der Waals surface area (Å²) >= 11 is 24.4. The maximum absolute atomic E-state index is 13.0. The van der Waals surface area contributed by atoms with Crippen molar-refractivity contribution in [3.8, 4) is 11.5 Å². The van der Waals surface area contributed by atoms with Gasteiger partial charge in [0, 0.05) is 21.7 Å². The normalized spacial score (nSPS) is 13.8. The maximum Gasteiger partial charge on any atom is 0.283 e. The summed E-state index contributed by atoms with van der Waals surface area (Å²) in [5.41, 5.74) is -0.790. The van der Waals surface area contributed by atoms with Gasteiger partial charge in [0.1, 0.15) is 11.5 Å². The summed E-state index contributed by atoms with van der Waals surface area (Å²) in [5, 5.41) is 20.8. The summed E-state index contributed by atoms with van der Waals surface area (Å²) in [6.07, 6.45) is 0. The highest BCUT2D eigenvalue weighted by atomic mass is 35.5. The predicted octanol–water partition coefficient (Wildman–Crippen LogP) is 5.89. The molecule has 1 unspecified atom stereocenters. The minimum absolute atomic E-state index is 0.0438. The molecule has 3 N–H and O–H groups in total. The first-order valence-electron chi connectivity index (χ1n) is 7.90. The van der Waals surface area contributed by atoms with Crippen LogP contribution < -0.4 is 0 Å². The Kier molecular flexibility index (Phi) is 5.98. The number of rotatable bonds is 4. The standard InChI is InChI=1S/C19H12Cl4O5S/c20-10-5-6-12(16(25)9-10)19(29(26,27)28,11-3-1-2-4-15(11)24)13-7-8-14(21)18(23)17(13)22/h1-9,24-25H,(H,26,27,28). The number of aromatic hydroxyl groups is 2. The van der Waals surface area contributed by atoms with Gasteiger partial charge >= 0.3 is 0 Å². The molecular formula is C19H12Cl4O5S. The largest absolute Gasteiger partial charge is 0.508 e. The van der Waals surface area contributed by atoms with Crippen molar-refractivity contribution in [1.29, 1.82) is 0 Å². The minimum atomic E-state index is -5.14. The fraction of sp³-hybridized carbons (Fsp3) is 0.0526. The molecule has 0 radical (unpaired) electrons. The highest BCUT2D eigenvalue weighted by Crippen LogP contribution is 2.53. The van der Waals surface area contributed by atoms with E-state index in [1.807, 2.05) is 0 Å². The number of hydrogen-bond donors (Lipinski definition) is 3. The second-order valence-electron chi connectivity index (χ2n) is 6.06. The first-order chi connectivity index (χ1) is 13.5. The van der Waals surface area contributed by atoms with Crippen LogP contribution in [0.2, 0.25) is 20.1 Å². The Hall–Kier alpha value is -1.67. The maximum atomic E-state index is 13.0. The van der Waals surface area contributed by atoms with Gasteiger partial charge in [-0.05, 0) is 24.3 Å². The fourth-order valence-corrected chi connectivity index (χ4v) is 5.47.